The first-order chi connectivity index (χ1) is 9.12. The van der Waals surface area contributed by atoms with E-state index in [1.54, 1.807) is 11.3 Å². The van der Waals surface area contributed by atoms with Crippen LogP contribution in [0.5, 0.6) is 0 Å². The molecule has 98 valence electrons. The maximum absolute atomic E-state index is 10.5. The van der Waals surface area contributed by atoms with Crippen LogP contribution >= 0.6 is 11.3 Å². The van der Waals surface area contributed by atoms with E-state index in [9.17, 15) is 5.11 Å². The Hall–Kier alpha value is -1.42. The first-order valence-corrected chi connectivity index (χ1v) is 7.28. The van der Waals surface area contributed by atoms with Gasteiger partial charge in [0.15, 0.2) is 0 Å². The topological polar surface area (TPSA) is 46.2 Å². The number of benzene rings is 2. The zero-order chi connectivity index (χ0) is 13.5. The van der Waals surface area contributed by atoms with Crippen LogP contribution in [0.2, 0.25) is 0 Å². The average molecular weight is 271 g/mol. The summed E-state index contributed by atoms with van der Waals surface area (Å²) in [6.45, 7) is 2.31. The van der Waals surface area contributed by atoms with Crippen molar-refractivity contribution in [2.24, 2.45) is 5.73 Å². The molecule has 2 nitrogen and oxygen atoms in total. The lowest BCUT2D eigenvalue weighted by Crippen LogP contribution is -2.24. The lowest BCUT2D eigenvalue weighted by atomic mass is 9.91. The molecule has 0 saturated heterocycles. The third-order valence-electron chi connectivity index (χ3n) is 3.63. The molecule has 3 rings (SSSR count). The van der Waals surface area contributed by atoms with Crippen LogP contribution in [-0.4, -0.2) is 11.7 Å². The van der Waals surface area contributed by atoms with Gasteiger partial charge in [-0.3, -0.25) is 0 Å². The zero-order valence-corrected chi connectivity index (χ0v) is 11.7. The molecule has 1 unspecified atom stereocenters. The van der Waals surface area contributed by atoms with Crippen LogP contribution in [0.3, 0.4) is 0 Å². The van der Waals surface area contributed by atoms with Crippen molar-refractivity contribution in [3.05, 3.63) is 48.0 Å². The van der Waals surface area contributed by atoms with Crippen molar-refractivity contribution in [2.45, 2.75) is 18.9 Å². The highest BCUT2D eigenvalue weighted by Crippen LogP contribution is 2.36. The Kier molecular flexibility index (Phi) is 3.05. The van der Waals surface area contributed by atoms with E-state index in [2.05, 4.69) is 36.4 Å². The summed E-state index contributed by atoms with van der Waals surface area (Å²) in [6.07, 6.45) is 0.570. The molecule has 0 fully saturated rings. The van der Waals surface area contributed by atoms with E-state index in [0.717, 1.165) is 5.56 Å². The summed E-state index contributed by atoms with van der Waals surface area (Å²) < 4.78 is 2.54. The number of nitrogens with two attached hydrogens (primary N) is 1. The summed E-state index contributed by atoms with van der Waals surface area (Å²) in [7, 11) is 0. The average Bonchev–Trinajstić information content (AvgIpc) is 2.76. The molecule has 0 spiro atoms. The van der Waals surface area contributed by atoms with Crippen LogP contribution in [0.1, 0.15) is 18.9 Å². The molecule has 19 heavy (non-hydrogen) atoms. The smallest absolute Gasteiger partial charge is 0.0880 e. The molecular formula is C16H17NOS. The van der Waals surface area contributed by atoms with Gasteiger partial charge in [-0.2, -0.15) is 0 Å². The Balaban J connectivity index is 2.22. The largest absolute Gasteiger partial charge is 0.385 e. The monoisotopic (exact) mass is 271 g/mol. The van der Waals surface area contributed by atoms with E-state index in [0.29, 0.717) is 13.0 Å². The number of fused-ring (bicyclic) bond motifs is 3. The molecule has 0 radical (unpaired) electrons. The number of rotatable bonds is 3. The summed E-state index contributed by atoms with van der Waals surface area (Å²) in [6, 6.07) is 14.6. The van der Waals surface area contributed by atoms with Crippen molar-refractivity contribution in [2.75, 3.05) is 6.54 Å². The highest BCUT2D eigenvalue weighted by molar-refractivity contribution is 7.25. The molecule has 1 aromatic heterocycles. The van der Waals surface area contributed by atoms with Crippen LogP contribution in [0.4, 0.5) is 0 Å². The van der Waals surface area contributed by atoms with Crippen LogP contribution in [0.15, 0.2) is 42.5 Å². The van der Waals surface area contributed by atoms with E-state index < -0.39 is 5.60 Å². The number of aliphatic hydroxyl groups is 1. The lowest BCUT2D eigenvalue weighted by Gasteiger charge is -2.23. The molecule has 0 saturated carbocycles. The predicted molar refractivity (Wildman–Crippen MR) is 82.6 cm³/mol. The summed E-state index contributed by atoms with van der Waals surface area (Å²) >= 11 is 1.79. The van der Waals surface area contributed by atoms with E-state index >= 15 is 0 Å². The van der Waals surface area contributed by atoms with Gasteiger partial charge >= 0.3 is 0 Å². The Bertz CT molecular complexity index is 730. The normalized spacial score (nSPS) is 14.9. The molecule has 0 aliphatic rings. The van der Waals surface area contributed by atoms with Crippen molar-refractivity contribution in [1.82, 2.24) is 0 Å². The van der Waals surface area contributed by atoms with E-state index in [1.165, 1.54) is 20.2 Å². The maximum atomic E-state index is 10.5. The fourth-order valence-corrected chi connectivity index (χ4v) is 3.57. The summed E-state index contributed by atoms with van der Waals surface area (Å²) in [5, 5.41) is 13.0. The van der Waals surface area contributed by atoms with Gasteiger partial charge in [0.05, 0.1) is 5.60 Å². The van der Waals surface area contributed by atoms with E-state index in [-0.39, 0.29) is 0 Å². The second kappa shape index (κ2) is 4.60. The summed E-state index contributed by atoms with van der Waals surface area (Å²) in [5.41, 5.74) is 5.66. The van der Waals surface area contributed by atoms with Crippen molar-refractivity contribution < 1.29 is 5.11 Å². The van der Waals surface area contributed by atoms with Crippen LogP contribution in [0, 0.1) is 0 Å². The van der Waals surface area contributed by atoms with Gasteiger partial charge in [0.25, 0.3) is 0 Å². The van der Waals surface area contributed by atoms with Gasteiger partial charge in [-0.1, -0.05) is 24.3 Å². The van der Waals surface area contributed by atoms with Gasteiger partial charge in [0, 0.05) is 20.2 Å². The summed E-state index contributed by atoms with van der Waals surface area (Å²) in [5.74, 6) is 0. The number of hydrogen-bond acceptors (Lipinski definition) is 3. The molecule has 3 heteroatoms. The molecule has 0 aliphatic heterocycles. The minimum Gasteiger partial charge on any atom is -0.385 e. The molecule has 1 atom stereocenters. The first-order valence-electron chi connectivity index (χ1n) is 6.46. The quantitative estimate of drug-likeness (QED) is 0.764. The van der Waals surface area contributed by atoms with Crippen LogP contribution in [-0.2, 0) is 5.60 Å². The highest BCUT2D eigenvalue weighted by atomic mass is 32.1. The van der Waals surface area contributed by atoms with Crippen molar-refractivity contribution in [3.8, 4) is 0 Å². The standard InChI is InChI=1S/C16H17NOS/c1-16(18,8-9-17)11-6-7-15-13(10-11)12-4-2-3-5-14(12)19-15/h2-7,10,18H,8-9,17H2,1H3. The Morgan fingerprint density at radius 2 is 1.84 bits per heavy atom. The maximum Gasteiger partial charge on any atom is 0.0880 e. The van der Waals surface area contributed by atoms with Crippen molar-refractivity contribution in [1.29, 1.82) is 0 Å². The fourth-order valence-electron chi connectivity index (χ4n) is 2.49. The molecule has 0 amide bonds. The molecule has 0 aliphatic carbocycles. The van der Waals surface area contributed by atoms with Crippen molar-refractivity contribution in [3.63, 3.8) is 0 Å². The second-order valence-corrected chi connectivity index (χ2v) is 6.21. The zero-order valence-electron chi connectivity index (χ0n) is 10.9. The van der Waals surface area contributed by atoms with Gasteiger partial charge in [-0.25, -0.2) is 0 Å². The molecule has 3 N–H and O–H groups in total. The molecule has 0 bridgehead atoms. The minimum atomic E-state index is -0.855. The van der Waals surface area contributed by atoms with Crippen LogP contribution < -0.4 is 5.73 Å². The third kappa shape index (κ3) is 2.14. The fraction of sp³-hybridized carbons (Fsp3) is 0.250. The van der Waals surface area contributed by atoms with Gasteiger partial charge < -0.3 is 10.8 Å². The van der Waals surface area contributed by atoms with Crippen LogP contribution in [0.25, 0.3) is 20.2 Å². The van der Waals surface area contributed by atoms with Gasteiger partial charge in [-0.15, -0.1) is 11.3 Å². The molecule has 2 aromatic carbocycles. The van der Waals surface area contributed by atoms with E-state index in [4.69, 9.17) is 5.73 Å². The minimum absolute atomic E-state index is 0.482. The number of hydrogen-bond donors (Lipinski definition) is 2. The predicted octanol–water partition coefficient (Wildman–Crippen LogP) is 3.61. The first kappa shape index (κ1) is 12.6. The molecule has 3 aromatic rings. The summed E-state index contributed by atoms with van der Waals surface area (Å²) in [4.78, 5) is 0. The Morgan fingerprint density at radius 3 is 2.63 bits per heavy atom. The molecular weight excluding hydrogens is 254 g/mol. The van der Waals surface area contributed by atoms with Crippen molar-refractivity contribution >= 4 is 31.5 Å². The number of thiophene rings is 1. The van der Waals surface area contributed by atoms with E-state index in [1.807, 2.05) is 13.0 Å². The van der Waals surface area contributed by atoms with Gasteiger partial charge in [0.1, 0.15) is 0 Å². The highest BCUT2D eigenvalue weighted by Gasteiger charge is 2.22. The van der Waals surface area contributed by atoms with Gasteiger partial charge in [-0.05, 0) is 43.7 Å². The Morgan fingerprint density at radius 1 is 1.11 bits per heavy atom. The van der Waals surface area contributed by atoms with Gasteiger partial charge in [0.2, 0.25) is 0 Å². The third-order valence-corrected chi connectivity index (χ3v) is 4.78. The lowest BCUT2D eigenvalue weighted by molar-refractivity contribution is 0.0506. The Labute approximate surface area is 116 Å². The molecule has 1 heterocycles. The second-order valence-electron chi connectivity index (χ2n) is 5.12. The SMILES string of the molecule is CC(O)(CCN)c1ccc2sc3ccccc3c2c1.